The Morgan fingerprint density at radius 3 is 2.71 bits per heavy atom. The number of nitrogens with zero attached hydrogens (tertiary/aromatic N) is 3. The number of thioether (sulfide) groups is 1. The number of halogens is 1. The van der Waals surface area contributed by atoms with Crippen LogP contribution in [0.2, 0.25) is 5.02 Å². The predicted molar refractivity (Wildman–Crippen MR) is 111 cm³/mol. The molecule has 0 saturated carbocycles. The molecule has 1 amide bonds. The lowest BCUT2D eigenvalue weighted by atomic mass is 10.3. The number of carbonyl (C=O) groups is 1. The standard InChI is InChI=1S/C18H19ClN6O2S/c1-27-15-7-5-13(6-8-15)21-10-16-23-24-18(25(16)20)28-11-17(26)22-14-4-2-3-12(19)9-14/h2-9,21H,10-11,20H2,1H3,(H,22,26). The van der Waals surface area contributed by atoms with Crippen LogP contribution in [0.15, 0.2) is 53.7 Å². The molecule has 0 saturated heterocycles. The fourth-order valence-electron chi connectivity index (χ4n) is 2.31. The van der Waals surface area contributed by atoms with Gasteiger partial charge in [0.05, 0.1) is 19.4 Å². The van der Waals surface area contributed by atoms with E-state index in [1.807, 2.05) is 24.3 Å². The van der Waals surface area contributed by atoms with Crippen LogP contribution in [-0.2, 0) is 11.3 Å². The van der Waals surface area contributed by atoms with Gasteiger partial charge in [0.15, 0.2) is 5.82 Å². The molecule has 0 unspecified atom stereocenters. The van der Waals surface area contributed by atoms with Gasteiger partial charge in [-0.2, -0.15) is 0 Å². The molecule has 0 aliphatic heterocycles. The summed E-state index contributed by atoms with van der Waals surface area (Å²) in [4.78, 5) is 12.1. The van der Waals surface area contributed by atoms with E-state index in [0.717, 1.165) is 11.4 Å². The topological polar surface area (TPSA) is 107 Å². The van der Waals surface area contributed by atoms with Crippen LogP contribution in [0.1, 0.15) is 5.82 Å². The number of nitrogen functional groups attached to an aromatic ring is 1. The summed E-state index contributed by atoms with van der Waals surface area (Å²) in [5.74, 6) is 7.32. The summed E-state index contributed by atoms with van der Waals surface area (Å²) in [5.41, 5.74) is 1.54. The highest BCUT2D eigenvalue weighted by molar-refractivity contribution is 7.99. The van der Waals surface area contributed by atoms with Gasteiger partial charge in [-0.1, -0.05) is 29.4 Å². The Morgan fingerprint density at radius 1 is 1.21 bits per heavy atom. The second-order valence-corrected chi connectivity index (χ2v) is 7.08. The van der Waals surface area contributed by atoms with Crippen LogP contribution in [0.4, 0.5) is 11.4 Å². The molecule has 10 heteroatoms. The van der Waals surface area contributed by atoms with Gasteiger partial charge in [-0.05, 0) is 42.5 Å². The molecule has 28 heavy (non-hydrogen) atoms. The number of ether oxygens (including phenoxy) is 1. The van der Waals surface area contributed by atoms with Crippen molar-refractivity contribution in [2.45, 2.75) is 11.7 Å². The first kappa shape index (κ1) is 19.8. The average molecular weight is 419 g/mol. The summed E-state index contributed by atoms with van der Waals surface area (Å²) in [7, 11) is 1.62. The fourth-order valence-corrected chi connectivity index (χ4v) is 3.18. The number of rotatable bonds is 8. The van der Waals surface area contributed by atoms with Gasteiger partial charge in [0.2, 0.25) is 11.1 Å². The van der Waals surface area contributed by atoms with E-state index in [1.54, 1.807) is 31.4 Å². The summed E-state index contributed by atoms with van der Waals surface area (Å²) in [6.45, 7) is 0.394. The molecule has 0 atom stereocenters. The minimum Gasteiger partial charge on any atom is -0.497 e. The van der Waals surface area contributed by atoms with Gasteiger partial charge in [0, 0.05) is 16.4 Å². The van der Waals surface area contributed by atoms with Gasteiger partial charge in [-0.25, -0.2) is 4.68 Å². The fraction of sp³-hybridized carbons (Fsp3) is 0.167. The first-order valence-electron chi connectivity index (χ1n) is 8.30. The highest BCUT2D eigenvalue weighted by Gasteiger charge is 2.12. The van der Waals surface area contributed by atoms with Crippen LogP contribution >= 0.6 is 23.4 Å². The van der Waals surface area contributed by atoms with Gasteiger partial charge in [0.1, 0.15) is 5.75 Å². The largest absolute Gasteiger partial charge is 0.497 e. The molecule has 146 valence electrons. The third-order valence-electron chi connectivity index (χ3n) is 3.72. The van der Waals surface area contributed by atoms with Crippen LogP contribution in [0.3, 0.4) is 0 Å². The molecular weight excluding hydrogens is 400 g/mol. The number of hydrogen-bond donors (Lipinski definition) is 3. The second kappa shape index (κ2) is 9.34. The maximum absolute atomic E-state index is 12.1. The summed E-state index contributed by atoms with van der Waals surface area (Å²) >= 11 is 7.11. The van der Waals surface area contributed by atoms with Crippen LogP contribution < -0.4 is 21.2 Å². The molecule has 0 fully saturated rings. The molecule has 3 rings (SSSR count). The van der Waals surface area contributed by atoms with E-state index in [1.165, 1.54) is 16.4 Å². The van der Waals surface area contributed by atoms with E-state index in [0.29, 0.717) is 28.2 Å². The summed E-state index contributed by atoms with van der Waals surface area (Å²) < 4.78 is 6.50. The Morgan fingerprint density at radius 2 is 2.00 bits per heavy atom. The first-order chi connectivity index (χ1) is 13.5. The van der Waals surface area contributed by atoms with E-state index < -0.39 is 0 Å². The van der Waals surface area contributed by atoms with Gasteiger partial charge in [-0.15, -0.1) is 10.2 Å². The van der Waals surface area contributed by atoms with Crippen LogP contribution in [0.5, 0.6) is 5.75 Å². The van der Waals surface area contributed by atoms with Crippen molar-refractivity contribution in [3.63, 3.8) is 0 Å². The normalized spacial score (nSPS) is 10.5. The van der Waals surface area contributed by atoms with Crippen molar-refractivity contribution >= 4 is 40.6 Å². The number of nitrogens with one attached hydrogen (secondary N) is 2. The van der Waals surface area contributed by atoms with Crippen molar-refractivity contribution < 1.29 is 9.53 Å². The molecular formula is C18H19ClN6O2S. The molecule has 4 N–H and O–H groups in total. The maximum Gasteiger partial charge on any atom is 0.234 e. The van der Waals surface area contributed by atoms with Crippen molar-refractivity contribution in [1.29, 1.82) is 0 Å². The number of methoxy groups -OCH3 is 1. The Labute approximate surface area is 171 Å². The lowest BCUT2D eigenvalue weighted by molar-refractivity contribution is -0.113. The maximum atomic E-state index is 12.1. The number of anilines is 2. The van der Waals surface area contributed by atoms with Crippen molar-refractivity contribution in [1.82, 2.24) is 14.9 Å². The molecule has 0 aliphatic rings. The highest BCUT2D eigenvalue weighted by atomic mass is 35.5. The predicted octanol–water partition coefficient (Wildman–Crippen LogP) is 3.00. The molecule has 0 radical (unpaired) electrons. The van der Waals surface area contributed by atoms with Crippen LogP contribution in [-0.4, -0.2) is 33.6 Å². The molecule has 0 spiro atoms. The molecule has 0 bridgehead atoms. The summed E-state index contributed by atoms with van der Waals surface area (Å²) in [6, 6.07) is 14.5. The number of benzene rings is 2. The van der Waals surface area contributed by atoms with Gasteiger partial charge < -0.3 is 21.2 Å². The number of hydrogen-bond acceptors (Lipinski definition) is 7. The summed E-state index contributed by atoms with van der Waals surface area (Å²) in [6.07, 6.45) is 0. The van der Waals surface area contributed by atoms with Crippen molar-refractivity contribution in [3.8, 4) is 5.75 Å². The first-order valence-corrected chi connectivity index (χ1v) is 9.67. The van der Waals surface area contributed by atoms with Crippen molar-refractivity contribution in [2.24, 2.45) is 0 Å². The van der Waals surface area contributed by atoms with E-state index >= 15 is 0 Å². The Bertz CT molecular complexity index is 948. The minimum atomic E-state index is -0.187. The Kier molecular flexibility index (Phi) is 6.62. The summed E-state index contributed by atoms with van der Waals surface area (Å²) in [5, 5.41) is 15.1. The third-order valence-corrected chi connectivity index (χ3v) is 4.89. The molecule has 1 aromatic heterocycles. The molecule has 1 heterocycles. The number of carbonyl (C=O) groups excluding carboxylic acids is 1. The molecule has 0 aliphatic carbocycles. The monoisotopic (exact) mass is 418 g/mol. The second-order valence-electron chi connectivity index (χ2n) is 5.70. The lowest BCUT2D eigenvalue weighted by Gasteiger charge is -2.08. The van der Waals surface area contributed by atoms with E-state index in [4.69, 9.17) is 22.2 Å². The van der Waals surface area contributed by atoms with Crippen LogP contribution in [0.25, 0.3) is 0 Å². The van der Waals surface area contributed by atoms with E-state index in [9.17, 15) is 4.79 Å². The zero-order valence-corrected chi connectivity index (χ0v) is 16.6. The zero-order chi connectivity index (χ0) is 19.9. The SMILES string of the molecule is COc1ccc(NCc2nnc(SCC(=O)Nc3cccc(Cl)c3)n2N)cc1. The minimum absolute atomic E-state index is 0.147. The Hall–Kier alpha value is -2.91. The van der Waals surface area contributed by atoms with E-state index in [2.05, 4.69) is 20.8 Å². The average Bonchev–Trinajstić information content (AvgIpc) is 3.05. The third kappa shape index (κ3) is 5.30. The molecule has 8 nitrogen and oxygen atoms in total. The highest BCUT2D eigenvalue weighted by Crippen LogP contribution is 2.19. The van der Waals surface area contributed by atoms with Crippen molar-refractivity contribution in [2.75, 3.05) is 29.3 Å². The Balaban J connectivity index is 1.51. The van der Waals surface area contributed by atoms with Gasteiger partial charge in [-0.3, -0.25) is 4.79 Å². The van der Waals surface area contributed by atoms with Gasteiger partial charge in [0.25, 0.3) is 0 Å². The number of amides is 1. The lowest BCUT2D eigenvalue weighted by Crippen LogP contribution is -2.18. The number of nitrogens with two attached hydrogens (primary N) is 1. The van der Waals surface area contributed by atoms with Gasteiger partial charge >= 0.3 is 0 Å². The molecule has 2 aromatic carbocycles. The van der Waals surface area contributed by atoms with Crippen molar-refractivity contribution in [3.05, 3.63) is 59.4 Å². The zero-order valence-electron chi connectivity index (χ0n) is 15.1. The smallest absolute Gasteiger partial charge is 0.234 e. The van der Waals surface area contributed by atoms with Crippen LogP contribution in [0, 0.1) is 0 Å². The van der Waals surface area contributed by atoms with E-state index in [-0.39, 0.29) is 11.7 Å². The number of aromatic nitrogens is 3. The molecule has 3 aromatic rings. The quantitative estimate of drug-likeness (QED) is 0.381.